The van der Waals surface area contributed by atoms with Crippen molar-refractivity contribution in [3.8, 4) is 0 Å². The largest absolute Gasteiger partial charge is 0.464 e. The lowest BCUT2D eigenvalue weighted by Gasteiger charge is -2.29. The molecule has 0 radical (unpaired) electrons. The molecule has 2 N–H and O–H groups in total. The number of benzene rings is 2. The molecule has 1 aromatic heterocycles. The Balaban J connectivity index is 0.00000196. The van der Waals surface area contributed by atoms with Crippen LogP contribution in [-0.2, 0) is 16.6 Å². The fourth-order valence-electron chi connectivity index (χ4n) is 3.91. The van der Waals surface area contributed by atoms with E-state index in [-0.39, 0.29) is 23.8 Å². The number of H-pyrrole nitrogens is 1. The number of rotatable bonds is 4. The summed E-state index contributed by atoms with van der Waals surface area (Å²) in [5, 5.41) is 4.58. The summed E-state index contributed by atoms with van der Waals surface area (Å²) in [6, 6.07) is 19.0. The van der Waals surface area contributed by atoms with E-state index in [1.165, 1.54) is 18.2 Å². The van der Waals surface area contributed by atoms with Gasteiger partial charge in [0.05, 0.1) is 7.11 Å². The zero-order valence-electron chi connectivity index (χ0n) is 14.7. The maximum absolute atomic E-state index is 11.8. The van der Waals surface area contributed by atoms with Gasteiger partial charge in [-0.2, -0.15) is 0 Å². The minimum Gasteiger partial charge on any atom is -0.464 e. The maximum Gasteiger partial charge on any atom is 0.354 e. The first-order chi connectivity index (χ1) is 12.2. The number of ether oxygens (including phenoxy) is 1. The van der Waals surface area contributed by atoms with E-state index in [9.17, 15) is 4.79 Å². The molecule has 1 atom stereocenters. The number of halogens is 1. The molecule has 2 aromatic carbocycles. The van der Waals surface area contributed by atoms with Crippen LogP contribution in [0.3, 0.4) is 0 Å². The van der Waals surface area contributed by atoms with Crippen LogP contribution in [0.5, 0.6) is 0 Å². The number of aromatic nitrogens is 1. The van der Waals surface area contributed by atoms with E-state index in [0.717, 1.165) is 36.8 Å². The van der Waals surface area contributed by atoms with E-state index >= 15 is 0 Å². The zero-order valence-corrected chi connectivity index (χ0v) is 15.6. The highest BCUT2D eigenvalue weighted by atomic mass is 35.5. The highest BCUT2D eigenvalue weighted by Gasteiger charge is 2.35. The molecule has 136 valence electrons. The molecule has 1 saturated heterocycles. The molecular weight excluding hydrogens is 348 g/mol. The van der Waals surface area contributed by atoms with E-state index in [4.69, 9.17) is 4.74 Å². The van der Waals surface area contributed by atoms with E-state index < -0.39 is 0 Å². The van der Waals surface area contributed by atoms with E-state index in [1.807, 2.05) is 6.07 Å². The summed E-state index contributed by atoms with van der Waals surface area (Å²) in [4.78, 5) is 14.9. The highest BCUT2D eigenvalue weighted by Crippen LogP contribution is 2.36. The smallest absolute Gasteiger partial charge is 0.354 e. The van der Waals surface area contributed by atoms with Gasteiger partial charge in [0.25, 0.3) is 0 Å². The third-order valence-electron chi connectivity index (χ3n) is 5.27. The molecule has 2 heterocycles. The van der Waals surface area contributed by atoms with Crippen LogP contribution in [0.4, 0.5) is 0 Å². The Bertz CT molecular complexity index is 899. The lowest BCUT2D eigenvalue weighted by atomic mass is 9.74. The first-order valence-corrected chi connectivity index (χ1v) is 8.66. The Hall–Kier alpha value is -2.30. The van der Waals surface area contributed by atoms with Crippen LogP contribution in [0.1, 0.15) is 28.0 Å². The lowest BCUT2D eigenvalue weighted by molar-refractivity contribution is 0.0595. The fraction of sp³-hybridized carbons (Fsp3) is 0.286. The molecule has 1 aliphatic rings. The summed E-state index contributed by atoms with van der Waals surface area (Å²) >= 11 is 0. The molecule has 1 aliphatic heterocycles. The van der Waals surface area contributed by atoms with Crippen LogP contribution in [0.15, 0.2) is 54.6 Å². The van der Waals surface area contributed by atoms with E-state index in [2.05, 4.69) is 58.8 Å². The molecule has 0 bridgehead atoms. The van der Waals surface area contributed by atoms with Crippen molar-refractivity contribution in [1.29, 1.82) is 0 Å². The Morgan fingerprint density at radius 2 is 1.96 bits per heavy atom. The average molecular weight is 371 g/mol. The van der Waals surface area contributed by atoms with Crippen LogP contribution < -0.4 is 5.32 Å². The number of carbonyl (C=O) groups is 1. The second kappa shape index (κ2) is 7.52. The molecule has 1 unspecified atom stereocenters. The molecule has 0 saturated carbocycles. The van der Waals surface area contributed by atoms with Gasteiger partial charge in [0.1, 0.15) is 5.69 Å². The van der Waals surface area contributed by atoms with Gasteiger partial charge in [-0.05, 0) is 48.7 Å². The summed E-state index contributed by atoms with van der Waals surface area (Å²) in [7, 11) is 1.40. The molecule has 26 heavy (non-hydrogen) atoms. The first kappa shape index (κ1) is 18.5. The SMILES string of the molecule is COC(=O)c1cc2cc(C3(Cc4ccccc4)CCNC3)ccc2[nH]1.Cl. The monoisotopic (exact) mass is 370 g/mol. The van der Waals surface area contributed by atoms with Gasteiger partial charge in [-0.25, -0.2) is 4.79 Å². The molecule has 3 aromatic rings. The minimum atomic E-state index is -0.334. The number of hydrogen-bond donors (Lipinski definition) is 2. The Labute approximate surface area is 159 Å². The summed E-state index contributed by atoms with van der Waals surface area (Å²) < 4.78 is 4.81. The number of aromatic amines is 1. The van der Waals surface area contributed by atoms with E-state index in [0.29, 0.717) is 5.69 Å². The molecule has 0 amide bonds. The first-order valence-electron chi connectivity index (χ1n) is 8.66. The predicted molar refractivity (Wildman–Crippen MR) is 106 cm³/mol. The summed E-state index contributed by atoms with van der Waals surface area (Å²) in [5.74, 6) is -0.334. The standard InChI is InChI=1S/C21H22N2O2.ClH/c1-25-20(24)19-12-16-11-17(7-8-18(16)23-19)21(9-10-22-14-21)13-15-5-3-2-4-6-15;/h2-8,11-12,22-23H,9-10,13-14H2,1H3;1H. The summed E-state index contributed by atoms with van der Waals surface area (Å²) in [6.45, 7) is 2.01. The van der Waals surface area contributed by atoms with Crippen LogP contribution in [0.2, 0.25) is 0 Å². The van der Waals surface area contributed by atoms with Crippen LogP contribution in [0.25, 0.3) is 10.9 Å². The topological polar surface area (TPSA) is 54.1 Å². The van der Waals surface area contributed by atoms with Crippen molar-refractivity contribution in [1.82, 2.24) is 10.3 Å². The van der Waals surface area contributed by atoms with Crippen LogP contribution >= 0.6 is 12.4 Å². The van der Waals surface area contributed by atoms with Gasteiger partial charge in [-0.1, -0.05) is 36.4 Å². The fourth-order valence-corrected chi connectivity index (χ4v) is 3.91. The van der Waals surface area contributed by atoms with Crippen molar-refractivity contribution in [2.45, 2.75) is 18.3 Å². The average Bonchev–Trinajstić information content (AvgIpc) is 3.28. The quantitative estimate of drug-likeness (QED) is 0.686. The highest BCUT2D eigenvalue weighted by molar-refractivity contribution is 5.95. The van der Waals surface area contributed by atoms with Gasteiger partial charge in [0.15, 0.2) is 0 Å². The molecule has 0 aliphatic carbocycles. The molecular formula is C21H23ClN2O2. The third kappa shape index (κ3) is 3.35. The minimum absolute atomic E-state index is 0. The Kier molecular flexibility index (Phi) is 5.35. The number of methoxy groups -OCH3 is 1. The Morgan fingerprint density at radius 1 is 1.15 bits per heavy atom. The number of fused-ring (bicyclic) bond motifs is 1. The molecule has 0 spiro atoms. The van der Waals surface area contributed by atoms with Gasteiger partial charge in [-0.15, -0.1) is 12.4 Å². The maximum atomic E-state index is 11.8. The molecule has 4 rings (SSSR count). The van der Waals surface area contributed by atoms with Crippen molar-refractivity contribution in [2.24, 2.45) is 0 Å². The van der Waals surface area contributed by atoms with Gasteiger partial charge in [-0.3, -0.25) is 0 Å². The second-order valence-electron chi connectivity index (χ2n) is 6.85. The molecule has 4 nitrogen and oxygen atoms in total. The zero-order chi connectivity index (χ0) is 17.3. The van der Waals surface area contributed by atoms with Gasteiger partial charge < -0.3 is 15.0 Å². The van der Waals surface area contributed by atoms with Gasteiger partial charge >= 0.3 is 5.97 Å². The second-order valence-corrected chi connectivity index (χ2v) is 6.85. The van der Waals surface area contributed by atoms with Crippen molar-refractivity contribution in [2.75, 3.05) is 20.2 Å². The number of hydrogen-bond acceptors (Lipinski definition) is 3. The third-order valence-corrected chi connectivity index (χ3v) is 5.27. The van der Waals surface area contributed by atoms with Crippen molar-refractivity contribution < 1.29 is 9.53 Å². The predicted octanol–water partition coefficient (Wildman–Crippen LogP) is 3.85. The van der Waals surface area contributed by atoms with Gasteiger partial charge in [0, 0.05) is 22.9 Å². The number of carbonyl (C=O) groups excluding carboxylic acids is 1. The normalized spacial score (nSPS) is 19.3. The summed E-state index contributed by atoms with van der Waals surface area (Å²) in [6.07, 6.45) is 2.13. The van der Waals surface area contributed by atoms with E-state index in [1.54, 1.807) is 0 Å². The molecule has 5 heteroatoms. The molecule has 1 fully saturated rings. The number of nitrogens with one attached hydrogen (secondary N) is 2. The van der Waals surface area contributed by atoms with Crippen LogP contribution in [0, 0.1) is 0 Å². The van der Waals surface area contributed by atoms with Crippen molar-refractivity contribution in [3.63, 3.8) is 0 Å². The Morgan fingerprint density at radius 3 is 2.65 bits per heavy atom. The number of esters is 1. The van der Waals surface area contributed by atoms with Crippen LogP contribution in [-0.4, -0.2) is 31.2 Å². The summed E-state index contributed by atoms with van der Waals surface area (Å²) in [5.41, 5.74) is 4.24. The van der Waals surface area contributed by atoms with Crippen molar-refractivity contribution in [3.05, 3.63) is 71.4 Å². The lowest BCUT2D eigenvalue weighted by Crippen LogP contribution is -2.31. The van der Waals surface area contributed by atoms with Crippen molar-refractivity contribution >= 4 is 29.3 Å². The van der Waals surface area contributed by atoms with Gasteiger partial charge in [0.2, 0.25) is 0 Å².